The second-order valence-corrected chi connectivity index (χ2v) is 16.0. The molecule has 5 heteroatoms. The summed E-state index contributed by atoms with van der Waals surface area (Å²) >= 11 is 0. The first-order chi connectivity index (χ1) is 29.2. The molecule has 9 aromatic carbocycles. The van der Waals surface area contributed by atoms with Crippen molar-refractivity contribution in [3.8, 4) is 18.2 Å². The molecule has 0 amide bonds. The van der Waals surface area contributed by atoms with E-state index in [-0.39, 0.29) is 0 Å². The van der Waals surface area contributed by atoms with E-state index in [4.69, 9.17) is 0 Å². The van der Waals surface area contributed by atoms with Crippen LogP contribution in [0, 0.1) is 34.0 Å². The van der Waals surface area contributed by atoms with E-state index in [1.54, 1.807) is 0 Å². The number of nitrogens with zero attached hydrogens (tertiary/aromatic N) is 5. The van der Waals surface area contributed by atoms with Crippen molar-refractivity contribution < 1.29 is 0 Å². The van der Waals surface area contributed by atoms with Crippen LogP contribution < -0.4 is 9.80 Å². The Hall–Kier alpha value is -7.91. The summed E-state index contributed by atoms with van der Waals surface area (Å²) in [6.07, 6.45) is 0. The maximum Gasteiger partial charge on any atom is 0.0991 e. The Balaban J connectivity index is 1.42. The van der Waals surface area contributed by atoms with Crippen LogP contribution in [0.2, 0.25) is 0 Å². The number of rotatable bonds is 8. The molecule has 0 spiro atoms. The van der Waals surface area contributed by atoms with Gasteiger partial charge in [-0.25, -0.2) is 0 Å². The van der Waals surface area contributed by atoms with E-state index in [0.717, 1.165) is 71.8 Å². The molecule has 286 valence electrons. The lowest BCUT2D eigenvalue weighted by Gasteiger charge is -2.30. The average molecular weight is 772 g/mol. The molecule has 0 aliphatic rings. The normalized spacial score (nSPS) is 11.2. The molecule has 60 heavy (non-hydrogen) atoms. The third kappa shape index (κ3) is 6.71. The number of fused-ring (bicyclic) bond motifs is 6. The van der Waals surface area contributed by atoms with E-state index < -0.39 is 0 Å². The van der Waals surface area contributed by atoms with Crippen molar-refractivity contribution in [3.05, 3.63) is 192 Å². The molecule has 0 radical (unpaired) electrons. The molecule has 0 saturated heterocycles. The number of hydrogen-bond acceptors (Lipinski definition) is 5. The van der Waals surface area contributed by atoms with Gasteiger partial charge in [-0.3, -0.25) is 0 Å². The van der Waals surface area contributed by atoms with Crippen LogP contribution in [0.15, 0.2) is 164 Å². The van der Waals surface area contributed by atoms with Gasteiger partial charge >= 0.3 is 0 Å². The van der Waals surface area contributed by atoms with Crippen LogP contribution in [-0.2, 0) is 0 Å². The second-order valence-electron chi connectivity index (χ2n) is 16.0. The summed E-state index contributed by atoms with van der Waals surface area (Å²) in [4.78, 5) is 4.57. The molecule has 0 aromatic heterocycles. The van der Waals surface area contributed by atoms with Crippen molar-refractivity contribution in [1.29, 1.82) is 15.8 Å². The van der Waals surface area contributed by atoms with Crippen molar-refractivity contribution in [3.63, 3.8) is 0 Å². The lowest BCUT2D eigenvalue weighted by atomic mass is 9.89. The summed E-state index contributed by atoms with van der Waals surface area (Å²) in [7, 11) is 0. The van der Waals surface area contributed by atoms with Gasteiger partial charge in [-0.2, -0.15) is 15.8 Å². The van der Waals surface area contributed by atoms with Crippen LogP contribution in [0.5, 0.6) is 0 Å². The molecule has 0 aliphatic heterocycles. The minimum Gasteiger partial charge on any atom is -0.310 e. The highest BCUT2D eigenvalue weighted by molar-refractivity contribution is 6.25. The first kappa shape index (κ1) is 37.7. The standard InChI is InChI=1S/C55H41N5/c1-35(2)41-16-25-48-50(28-41)53-31-55(60(46-22-13-39(34-58)14-23-46)47-24-15-40-7-5-6-8-43(40)27-47)49-26-17-42(36(3)4)29-51(49)52(53)30-54(48)59(44-18-9-37(32-56)10-19-44)45-20-11-38(33-57)12-21-45/h5-31,35-36H,1-4H3. The summed E-state index contributed by atoms with van der Waals surface area (Å²) in [6.45, 7) is 8.93. The molecule has 0 unspecified atom stereocenters. The van der Waals surface area contributed by atoms with Crippen molar-refractivity contribution in [2.45, 2.75) is 39.5 Å². The van der Waals surface area contributed by atoms with E-state index in [0.29, 0.717) is 28.5 Å². The average Bonchev–Trinajstić information content (AvgIpc) is 3.29. The Morgan fingerprint density at radius 3 is 1.12 bits per heavy atom. The molecule has 5 nitrogen and oxygen atoms in total. The summed E-state index contributed by atoms with van der Waals surface area (Å²) in [5.41, 5.74) is 10.1. The van der Waals surface area contributed by atoms with Gasteiger partial charge in [0.15, 0.2) is 0 Å². The Labute approximate surface area is 350 Å². The highest BCUT2D eigenvalue weighted by Gasteiger charge is 2.23. The predicted octanol–water partition coefficient (Wildman–Crippen LogP) is 15.1. The van der Waals surface area contributed by atoms with Gasteiger partial charge in [0.05, 0.1) is 46.3 Å². The lowest BCUT2D eigenvalue weighted by Crippen LogP contribution is -2.12. The molecule has 0 atom stereocenters. The van der Waals surface area contributed by atoms with Crippen LogP contribution in [0.1, 0.15) is 67.3 Å². The van der Waals surface area contributed by atoms with Crippen LogP contribution in [0.25, 0.3) is 43.1 Å². The molecule has 0 heterocycles. The fourth-order valence-corrected chi connectivity index (χ4v) is 8.36. The zero-order valence-corrected chi connectivity index (χ0v) is 34.0. The molecule has 9 aromatic rings. The Bertz CT molecular complexity index is 3170. The highest BCUT2D eigenvalue weighted by Crippen LogP contribution is 2.49. The van der Waals surface area contributed by atoms with E-state index in [2.05, 4.69) is 147 Å². The summed E-state index contributed by atoms with van der Waals surface area (Å²) < 4.78 is 0. The maximum atomic E-state index is 9.77. The predicted molar refractivity (Wildman–Crippen MR) is 248 cm³/mol. The maximum absolute atomic E-state index is 9.77. The Morgan fingerprint density at radius 1 is 0.350 bits per heavy atom. The van der Waals surface area contributed by atoms with Crippen molar-refractivity contribution in [1.82, 2.24) is 0 Å². The van der Waals surface area contributed by atoms with Gasteiger partial charge in [0, 0.05) is 33.5 Å². The monoisotopic (exact) mass is 771 g/mol. The number of nitriles is 3. The molecular weight excluding hydrogens is 731 g/mol. The third-order valence-electron chi connectivity index (χ3n) is 11.6. The van der Waals surface area contributed by atoms with Crippen molar-refractivity contribution in [2.24, 2.45) is 0 Å². The summed E-state index contributed by atoms with van der Waals surface area (Å²) in [6, 6.07) is 63.5. The molecular formula is C55H41N5. The van der Waals surface area contributed by atoms with E-state index in [1.807, 2.05) is 72.8 Å². The molecule has 9 rings (SSSR count). The fourth-order valence-electron chi connectivity index (χ4n) is 8.36. The van der Waals surface area contributed by atoms with Gasteiger partial charge in [0.2, 0.25) is 0 Å². The van der Waals surface area contributed by atoms with Crippen LogP contribution >= 0.6 is 0 Å². The summed E-state index contributed by atoms with van der Waals surface area (Å²) in [5, 5.41) is 38.2. The lowest BCUT2D eigenvalue weighted by molar-refractivity contribution is 0.868. The molecule has 0 aliphatic carbocycles. The largest absolute Gasteiger partial charge is 0.310 e. The first-order valence-corrected chi connectivity index (χ1v) is 20.3. The molecule has 0 fully saturated rings. The second kappa shape index (κ2) is 15.4. The zero-order valence-electron chi connectivity index (χ0n) is 34.0. The topological polar surface area (TPSA) is 77.8 Å². The highest BCUT2D eigenvalue weighted by atomic mass is 15.2. The van der Waals surface area contributed by atoms with Gasteiger partial charge in [0.25, 0.3) is 0 Å². The van der Waals surface area contributed by atoms with E-state index in [9.17, 15) is 15.8 Å². The van der Waals surface area contributed by atoms with Crippen molar-refractivity contribution >= 4 is 77.2 Å². The van der Waals surface area contributed by atoms with Gasteiger partial charge in [-0.15, -0.1) is 0 Å². The SMILES string of the molecule is CC(C)c1ccc2c(N(c3ccc(C#N)cc3)c3ccc(C#N)cc3)cc3c4cc(C(C)C)ccc4c(N(c4ccc(C#N)cc4)c4ccc5ccccc5c4)cc3c2c1. The minimum absolute atomic E-state index is 0.293. The zero-order chi connectivity index (χ0) is 41.5. The molecule has 0 bridgehead atoms. The number of hydrogen-bond donors (Lipinski definition) is 0. The van der Waals surface area contributed by atoms with Gasteiger partial charge in [-0.05, 0) is 152 Å². The van der Waals surface area contributed by atoms with Gasteiger partial charge < -0.3 is 9.80 Å². The fraction of sp³-hybridized carbons (Fsp3) is 0.109. The van der Waals surface area contributed by atoms with Crippen LogP contribution in [-0.4, -0.2) is 0 Å². The van der Waals surface area contributed by atoms with Gasteiger partial charge in [0.1, 0.15) is 0 Å². The quantitative estimate of drug-likeness (QED) is 0.144. The third-order valence-corrected chi connectivity index (χ3v) is 11.6. The molecule has 0 N–H and O–H groups in total. The summed E-state index contributed by atoms with van der Waals surface area (Å²) in [5.74, 6) is 0.589. The smallest absolute Gasteiger partial charge is 0.0991 e. The van der Waals surface area contributed by atoms with Crippen LogP contribution in [0.3, 0.4) is 0 Å². The Morgan fingerprint density at radius 2 is 0.717 bits per heavy atom. The molecule has 0 saturated carbocycles. The number of benzene rings is 9. The number of anilines is 6. The Kier molecular flexibility index (Phi) is 9.70. The minimum atomic E-state index is 0.293. The van der Waals surface area contributed by atoms with E-state index >= 15 is 0 Å². The first-order valence-electron chi connectivity index (χ1n) is 20.3. The van der Waals surface area contributed by atoms with Crippen LogP contribution in [0.4, 0.5) is 34.1 Å². The van der Waals surface area contributed by atoms with Gasteiger partial charge in [-0.1, -0.05) is 94.4 Å². The van der Waals surface area contributed by atoms with Crippen molar-refractivity contribution in [2.75, 3.05) is 9.80 Å². The van der Waals surface area contributed by atoms with E-state index in [1.165, 1.54) is 16.5 Å².